The number of ether oxygens (including phenoxy) is 1. The Morgan fingerprint density at radius 2 is 1.79 bits per heavy atom. The molecule has 9 nitrogen and oxygen atoms in total. The lowest BCUT2D eigenvalue weighted by atomic mass is 9.99. The molecule has 0 spiro atoms. The standard InChI is InChI=1S/C23H29ClF5N7O2/c1-33-10-13(20(32)23(27,28)29)21(37)36-22(34-12-4-5-15(25)14(24)8-12)35-19(31)9-17(30)11-3-6-18(38-2)16(26)7-11/h3-8,13,17,19-20,33H,9-10,30-32H2,1-2H3,(H2,34,35,36,37). The van der Waals surface area contributed by atoms with Crippen molar-refractivity contribution in [1.82, 2.24) is 10.6 Å². The summed E-state index contributed by atoms with van der Waals surface area (Å²) < 4.78 is 72.2. The number of rotatable bonds is 10. The first-order valence-electron chi connectivity index (χ1n) is 11.2. The Balaban J connectivity index is 2.31. The lowest BCUT2D eigenvalue weighted by Gasteiger charge is -2.24. The third kappa shape index (κ3) is 8.77. The predicted molar refractivity (Wildman–Crippen MR) is 135 cm³/mol. The molecule has 15 heteroatoms. The molecule has 1 amide bonds. The van der Waals surface area contributed by atoms with Crippen LogP contribution in [-0.4, -0.2) is 51.0 Å². The van der Waals surface area contributed by atoms with Gasteiger partial charge in [-0.2, -0.15) is 18.2 Å². The van der Waals surface area contributed by atoms with Gasteiger partial charge in [0.15, 0.2) is 11.6 Å². The highest BCUT2D eigenvalue weighted by molar-refractivity contribution is 6.31. The zero-order valence-electron chi connectivity index (χ0n) is 20.5. The van der Waals surface area contributed by atoms with Gasteiger partial charge < -0.3 is 37.9 Å². The van der Waals surface area contributed by atoms with E-state index in [1.807, 2.05) is 0 Å². The fourth-order valence-electron chi connectivity index (χ4n) is 3.37. The van der Waals surface area contributed by atoms with Crippen molar-refractivity contribution >= 4 is 29.2 Å². The molecule has 2 rings (SSSR count). The van der Waals surface area contributed by atoms with Gasteiger partial charge >= 0.3 is 6.18 Å². The number of nitrogens with one attached hydrogen (secondary N) is 3. The molecule has 38 heavy (non-hydrogen) atoms. The summed E-state index contributed by atoms with van der Waals surface area (Å²) in [5.74, 6) is -4.68. The SMILES string of the molecule is CNCC(C(=O)/N=C(/Nc1ccc(F)c(Cl)c1)NC(N)CC(N)c1ccc(OC)c(F)c1)C(N)C(F)(F)F. The molecule has 9 N–H and O–H groups in total. The van der Waals surface area contributed by atoms with Gasteiger partial charge in [0.1, 0.15) is 11.9 Å². The van der Waals surface area contributed by atoms with Crippen LogP contribution in [0.3, 0.4) is 0 Å². The van der Waals surface area contributed by atoms with Crippen LogP contribution in [0.1, 0.15) is 18.0 Å². The van der Waals surface area contributed by atoms with Crippen molar-refractivity contribution < 1.29 is 31.5 Å². The minimum Gasteiger partial charge on any atom is -0.494 e. The van der Waals surface area contributed by atoms with E-state index >= 15 is 0 Å². The van der Waals surface area contributed by atoms with Crippen LogP contribution in [-0.2, 0) is 4.79 Å². The summed E-state index contributed by atoms with van der Waals surface area (Å²) in [7, 11) is 2.66. The van der Waals surface area contributed by atoms with Crippen LogP contribution < -0.4 is 37.9 Å². The lowest BCUT2D eigenvalue weighted by Crippen LogP contribution is -2.51. The van der Waals surface area contributed by atoms with Crippen molar-refractivity contribution in [3.05, 3.63) is 58.6 Å². The van der Waals surface area contributed by atoms with Crippen LogP contribution in [0.15, 0.2) is 41.4 Å². The molecule has 0 fully saturated rings. The van der Waals surface area contributed by atoms with E-state index in [1.54, 1.807) is 0 Å². The number of methoxy groups -OCH3 is 1. The third-order valence-electron chi connectivity index (χ3n) is 5.39. The Kier molecular flexibility index (Phi) is 11.2. The van der Waals surface area contributed by atoms with Crippen LogP contribution in [0.5, 0.6) is 5.75 Å². The van der Waals surface area contributed by atoms with Gasteiger partial charge in [-0.15, -0.1) is 0 Å². The van der Waals surface area contributed by atoms with Gasteiger partial charge in [-0.05, 0) is 49.4 Å². The average Bonchev–Trinajstić information content (AvgIpc) is 2.83. The highest BCUT2D eigenvalue weighted by atomic mass is 35.5. The molecule has 0 aliphatic rings. The van der Waals surface area contributed by atoms with Gasteiger partial charge in [-0.25, -0.2) is 8.78 Å². The summed E-state index contributed by atoms with van der Waals surface area (Å²) in [6.07, 6.45) is -5.91. The normalized spacial score (nSPS) is 15.4. The summed E-state index contributed by atoms with van der Waals surface area (Å²) in [5.41, 5.74) is 18.1. The molecule has 4 unspecified atom stereocenters. The molecular formula is C23H29ClF5N7O2. The summed E-state index contributed by atoms with van der Waals surface area (Å²) in [4.78, 5) is 16.5. The molecule has 210 valence electrons. The van der Waals surface area contributed by atoms with E-state index in [9.17, 15) is 26.7 Å². The van der Waals surface area contributed by atoms with E-state index in [0.717, 1.165) is 6.07 Å². The van der Waals surface area contributed by atoms with Crippen molar-refractivity contribution in [1.29, 1.82) is 0 Å². The van der Waals surface area contributed by atoms with E-state index in [4.69, 9.17) is 33.5 Å². The number of guanidine groups is 1. The van der Waals surface area contributed by atoms with Gasteiger partial charge in [-0.1, -0.05) is 17.7 Å². The number of nitrogens with zero attached hydrogens (tertiary/aromatic N) is 1. The smallest absolute Gasteiger partial charge is 0.404 e. The Morgan fingerprint density at radius 1 is 1.11 bits per heavy atom. The van der Waals surface area contributed by atoms with E-state index in [1.165, 1.54) is 44.5 Å². The summed E-state index contributed by atoms with van der Waals surface area (Å²) in [5, 5.41) is 7.53. The Labute approximate surface area is 220 Å². The topological polar surface area (TPSA) is 153 Å². The molecular weight excluding hydrogens is 537 g/mol. The van der Waals surface area contributed by atoms with Gasteiger partial charge in [0.05, 0.1) is 24.2 Å². The quantitative estimate of drug-likeness (QED) is 0.111. The van der Waals surface area contributed by atoms with E-state index in [0.29, 0.717) is 5.56 Å². The van der Waals surface area contributed by atoms with Crippen molar-refractivity contribution in [3.8, 4) is 5.75 Å². The van der Waals surface area contributed by atoms with Crippen molar-refractivity contribution in [2.45, 2.75) is 30.8 Å². The van der Waals surface area contributed by atoms with Gasteiger partial charge in [0, 0.05) is 18.3 Å². The monoisotopic (exact) mass is 565 g/mol. The van der Waals surface area contributed by atoms with Gasteiger partial charge in [-0.3, -0.25) is 4.79 Å². The molecule has 0 heterocycles. The van der Waals surface area contributed by atoms with Crippen molar-refractivity contribution in [2.24, 2.45) is 28.1 Å². The van der Waals surface area contributed by atoms with Crippen LogP contribution in [0.4, 0.5) is 27.6 Å². The number of amides is 1. The minimum absolute atomic E-state index is 0.0200. The number of carbonyl (C=O) groups is 1. The van der Waals surface area contributed by atoms with Gasteiger partial charge in [0.2, 0.25) is 5.96 Å². The first-order chi connectivity index (χ1) is 17.8. The number of hydrogen-bond acceptors (Lipinski definition) is 6. The molecule has 0 aliphatic heterocycles. The number of anilines is 1. The minimum atomic E-state index is -4.87. The van der Waals surface area contributed by atoms with E-state index < -0.39 is 54.4 Å². The Hall–Kier alpha value is -3.04. The molecule has 2 aromatic carbocycles. The van der Waals surface area contributed by atoms with E-state index in [2.05, 4.69) is 20.9 Å². The molecule has 0 saturated carbocycles. The van der Waals surface area contributed by atoms with Crippen molar-refractivity contribution in [3.63, 3.8) is 0 Å². The number of nitrogens with two attached hydrogens (primary N) is 3. The zero-order valence-corrected chi connectivity index (χ0v) is 21.2. The molecule has 0 bridgehead atoms. The maximum atomic E-state index is 14.1. The fourth-order valence-corrected chi connectivity index (χ4v) is 3.55. The average molecular weight is 566 g/mol. The molecule has 0 radical (unpaired) electrons. The van der Waals surface area contributed by atoms with Crippen molar-refractivity contribution in [2.75, 3.05) is 26.0 Å². The van der Waals surface area contributed by atoms with E-state index in [-0.39, 0.29) is 28.8 Å². The molecule has 2 aromatic rings. The van der Waals surface area contributed by atoms with Crippen LogP contribution in [0.2, 0.25) is 5.02 Å². The summed E-state index contributed by atoms with van der Waals surface area (Å²) >= 11 is 5.79. The molecule has 0 saturated heterocycles. The van der Waals surface area contributed by atoms with Crippen LogP contribution in [0.25, 0.3) is 0 Å². The summed E-state index contributed by atoms with van der Waals surface area (Å²) in [6.45, 7) is -0.418. The second-order valence-corrected chi connectivity index (χ2v) is 8.68. The number of carbonyl (C=O) groups excluding carboxylic acids is 1. The maximum Gasteiger partial charge on any atom is 0.404 e. The molecule has 0 aliphatic carbocycles. The number of aliphatic imine (C=N–C) groups is 1. The third-order valence-corrected chi connectivity index (χ3v) is 5.68. The fraction of sp³-hybridized carbons (Fsp3) is 0.391. The molecule has 0 aromatic heterocycles. The largest absolute Gasteiger partial charge is 0.494 e. The number of benzene rings is 2. The lowest BCUT2D eigenvalue weighted by molar-refractivity contribution is -0.164. The highest BCUT2D eigenvalue weighted by Gasteiger charge is 2.44. The number of halogens is 6. The maximum absolute atomic E-state index is 14.1. The Morgan fingerprint density at radius 3 is 2.34 bits per heavy atom. The zero-order chi connectivity index (χ0) is 28.6. The number of hydrogen-bond donors (Lipinski definition) is 6. The number of alkyl halides is 3. The first kappa shape index (κ1) is 31.2. The van der Waals surface area contributed by atoms with Crippen LogP contribution in [0, 0.1) is 17.6 Å². The van der Waals surface area contributed by atoms with Gasteiger partial charge in [0.25, 0.3) is 5.91 Å². The van der Waals surface area contributed by atoms with Crippen LogP contribution >= 0.6 is 11.6 Å². The second kappa shape index (κ2) is 13.7. The highest BCUT2D eigenvalue weighted by Crippen LogP contribution is 2.25. The second-order valence-electron chi connectivity index (χ2n) is 8.27. The first-order valence-corrected chi connectivity index (χ1v) is 11.6. The Bertz CT molecular complexity index is 1140. The predicted octanol–water partition coefficient (Wildman–Crippen LogP) is 2.61. The summed E-state index contributed by atoms with van der Waals surface area (Å²) in [6, 6.07) is 4.27. The molecule has 4 atom stereocenters.